The van der Waals surface area contributed by atoms with Gasteiger partial charge in [-0.25, -0.2) is 4.98 Å². The summed E-state index contributed by atoms with van der Waals surface area (Å²) in [4.78, 5) is 16.6. The molecule has 5 nitrogen and oxygen atoms in total. The van der Waals surface area contributed by atoms with Crippen LogP contribution in [0.4, 0.5) is 5.69 Å². The molecular formula is C14H10IN3O2. The van der Waals surface area contributed by atoms with Gasteiger partial charge in [0.2, 0.25) is 0 Å². The van der Waals surface area contributed by atoms with Crippen LogP contribution in [0.1, 0.15) is 0 Å². The van der Waals surface area contributed by atoms with E-state index in [2.05, 4.69) is 4.98 Å². The van der Waals surface area contributed by atoms with E-state index in [0.717, 1.165) is 5.56 Å². The van der Waals surface area contributed by atoms with Gasteiger partial charge in [0.1, 0.15) is 0 Å². The maximum atomic E-state index is 12.5. The first-order chi connectivity index (χ1) is 9.58. The summed E-state index contributed by atoms with van der Waals surface area (Å²) in [6.45, 7) is 0. The first-order valence-electron chi connectivity index (χ1n) is 5.82. The molecule has 0 saturated carbocycles. The summed E-state index contributed by atoms with van der Waals surface area (Å²) < 4.78 is 1.98. The minimum atomic E-state index is -0.230. The monoisotopic (exact) mass is 379 g/mol. The molecular weight excluding hydrogens is 369 g/mol. The smallest absolute Gasteiger partial charge is 0.265 e. The molecule has 0 aliphatic rings. The highest BCUT2D eigenvalue weighted by Crippen LogP contribution is 2.24. The quantitative estimate of drug-likeness (QED) is 0.502. The highest BCUT2D eigenvalue weighted by atomic mass is 127. The molecule has 0 saturated heterocycles. The molecule has 0 amide bonds. The van der Waals surface area contributed by atoms with Gasteiger partial charge in [0.15, 0.2) is 11.4 Å². The van der Waals surface area contributed by atoms with Crippen LogP contribution in [0, 0.1) is 3.57 Å². The van der Waals surface area contributed by atoms with E-state index in [0.29, 0.717) is 14.8 Å². The number of anilines is 1. The number of aromatic hydroxyl groups is 1. The second-order valence-corrected chi connectivity index (χ2v) is 5.47. The van der Waals surface area contributed by atoms with E-state index in [1.54, 1.807) is 36.5 Å². The fraction of sp³-hybridized carbons (Fsp3) is 0. The molecule has 0 bridgehead atoms. The number of aromatic nitrogens is 2. The van der Waals surface area contributed by atoms with E-state index in [1.807, 2.05) is 22.6 Å². The maximum Gasteiger partial charge on any atom is 0.265 e. The SMILES string of the molecule is Nc1ccc(-c2cnc3c(O)c(I)ccn3c2=O)cc1. The molecule has 1 aromatic carbocycles. The molecule has 3 aromatic rings. The molecule has 2 heterocycles. The lowest BCUT2D eigenvalue weighted by molar-refractivity contribution is 0.473. The van der Waals surface area contributed by atoms with Crippen molar-refractivity contribution in [1.82, 2.24) is 9.38 Å². The molecule has 100 valence electrons. The highest BCUT2D eigenvalue weighted by Gasteiger charge is 2.11. The number of halogens is 1. The number of rotatable bonds is 1. The average molecular weight is 379 g/mol. The molecule has 6 heteroatoms. The third-order valence-electron chi connectivity index (χ3n) is 3.02. The maximum absolute atomic E-state index is 12.5. The Morgan fingerprint density at radius 1 is 1.20 bits per heavy atom. The zero-order chi connectivity index (χ0) is 14.3. The van der Waals surface area contributed by atoms with Gasteiger partial charge in [-0.05, 0) is 46.4 Å². The number of hydrogen-bond acceptors (Lipinski definition) is 4. The third kappa shape index (κ3) is 2.01. The summed E-state index contributed by atoms with van der Waals surface area (Å²) in [5.74, 6) is 0.00839. The van der Waals surface area contributed by atoms with Gasteiger partial charge in [-0.1, -0.05) is 12.1 Å². The van der Waals surface area contributed by atoms with Gasteiger partial charge in [0.25, 0.3) is 5.56 Å². The molecule has 0 aliphatic heterocycles. The van der Waals surface area contributed by atoms with Crippen molar-refractivity contribution in [2.75, 3.05) is 5.73 Å². The summed E-state index contributed by atoms with van der Waals surface area (Å²) in [6.07, 6.45) is 3.08. The van der Waals surface area contributed by atoms with E-state index in [4.69, 9.17) is 5.73 Å². The largest absolute Gasteiger partial charge is 0.504 e. The summed E-state index contributed by atoms with van der Waals surface area (Å²) >= 11 is 1.99. The second-order valence-electron chi connectivity index (χ2n) is 4.30. The van der Waals surface area contributed by atoms with Crippen LogP contribution in [0.3, 0.4) is 0 Å². The van der Waals surface area contributed by atoms with Gasteiger partial charge < -0.3 is 10.8 Å². The van der Waals surface area contributed by atoms with Crippen molar-refractivity contribution in [3.8, 4) is 16.9 Å². The lowest BCUT2D eigenvalue weighted by Crippen LogP contribution is -2.16. The lowest BCUT2D eigenvalue weighted by atomic mass is 10.1. The number of benzene rings is 1. The minimum absolute atomic E-state index is 0.00839. The van der Waals surface area contributed by atoms with Crippen molar-refractivity contribution in [3.63, 3.8) is 0 Å². The summed E-state index contributed by atoms with van der Waals surface area (Å²) in [5.41, 5.74) is 7.49. The summed E-state index contributed by atoms with van der Waals surface area (Å²) in [5, 5.41) is 9.93. The van der Waals surface area contributed by atoms with Crippen molar-refractivity contribution in [2.24, 2.45) is 0 Å². The number of hydrogen-bond donors (Lipinski definition) is 2. The van der Waals surface area contributed by atoms with E-state index >= 15 is 0 Å². The van der Waals surface area contributed by atoms with Gasteiger partial charge in [-0.15, -0.1) is 0 Å². The van der Waals surface area contributed by atoms with Gasteiger partial charge >= 0.3 is 0 Å². The van der Waals surface area contributed by atoms with Crippen molar-refractivity contribution >= 4 is 33.9 Å². The van der Waals surface area contributed by atoms with Crippen molar-refractivity contribution in [2.45, 2.75) is 0 Å². The number of nitrogen functional groups attached to an aromatic ring is 1. The molecule has 0 fully saturated rings. The standard InChI is InChI=1S/C14H10IN3O2/c15-11-5-6-18-13(12(11)19)17-7-10(14(18)20)8-1-3-9(16)4-2-8/h1-7,19H,16H2. The Bertz CT molecular complexity index is 857. The summed E-state index contributed by atoms with van der Waals surface area (Å²) in [6, 6.07) is 8.67. The van der Waals surface area contributed by atoms with E-state index in [1.165, 1.54) is 10.6 Å². The lowest BCUT2D eigenvalue weighted by Gasteiger charge is -2.07. The van der Waals surface area contributed by atoms with Crippen LogP contribution in [-0.4, -0.2) is 14.5 Å². The molecule has 20 heavy (non-hydrogen) atoms. The van der Waals surface area contributed by atoms with Gasteiger partial charge in [-0.3, -0.25) is 9.20 Å². The Labute approximate surface area is 127 Å². The number of fused-ring (bicyclic) bond motifs is 1. The molecule has 0 unspecified atom stereocenters. The van der Waals surface area contributed by atoms with Gasteiger partial charge in [0.05, 0.1) is 9.13 Å². The first-order valence-corrected chi connectivity index (χ1v) is 6.90. The first kappa shape index (κ1) is 12.9. The third-order valence-corrected chi connectivity index (χ3v) is 3.89. The van der Waals surface area contributed by atoms with Crippen LogP contribution < -0.4 is 11.3 Å². The average Bonchev–Trinajstić information content (AvgIpc) is 2.45. The fourth-order valence-corrected chi connectivity index (χ4v) is 2.37. The Hall–Kier alpha value is -2.09. The zero-order valence-electron chi connectivity index (χ0n) is 10.2. The second kappa shape index (κ2) is 4.78. The highest BCUT2D eigenvalue weighted by molar-refractivity contribution is 14.1. The van der Waals surface area contributed by atoms with Crippen LogP contribution >= 0.6 is 22.6 Å². The Morgan fingerprint density at radius 3 is 2.60 bits per heavy atom. The van der Waals surface area contributed by atoms with E-state index in [9.17, 15) is 9.90 Å². The molecule has 0 aliphatic carbocycles. The number of pyridine rings is 1. The molecule has 3 N–H and O–H groups in total. The molecule has 0 radical (unpaired) electrons. The zero-order valence-corrected chi connectivity index (χ0v) is 12.4. The normalized spacial score (nSPS) is 10.8. The van der Waals surface area contributed by atoms with Crippen molar-refractivity contribution in [3.05, 3.63) is 56.6 Å². The molecule has 0 spiro atoms. The van der Waals surface area contributed by atoms with Crippen molar-refractivity contribution in [1.29, 1.82) is 0 Å². The van der Waals surface area contributed by atoms with Crippen LogP contribution in [-0.2, 0) is 0 Å². The minimum Gasteiger partial charge on any atom is -0.504 e. The van der Waals surface area contributed by atoms with E-state index < -0.39 is 0 Å². The predicted octanol–water partition coefficient (Wildman–Crippen LogP) is 2.25. The van der Waals surface area contributed by atoms with Crippen LogP contribution in [0.5, 0.6) is 5.75 Å². The topological polar surface area (TPSA) is 80.6 Å². The fourth-order valence-electron chi connectivity index (χ4n) is 1.97. The predicted molar refractivity (Wildman–Crippen MR) is 85.7 cm³/mol. The molecule has 2 aromatic heterocycles. The van der Waals surface area contributed by atoms with Crippen LogP contribution in [0.2, 0.25) is 0 Å². The van der Waals surface area contributed by atoms with Gasteiger partial charge in [0, 0.05) is 18.1 Å². The van der Waals surface area contributed by atoms with Gasteiger partial charge in [-0.2, -0.15) is 0 Å². The Morgan fingerprint density at radius 2 is 1.90 bits per heavy atom. The molecule has 0 atom stereocenters. The summed E-state index contributed by atoms with van der Waals surface area (Å²) in [7, 11) is 0. The Balaban J connectivity index is 2.29. The van der Waals surface area contributed by atoms with Crippen molar-refractivity contribution < 1.29 is 5.11 Å². The number of nitrogens with zero attached hydrogens (tertiary/aromatic N) is 2. The Kier molecular flexibility index (Phi) is 3.09. The van der Waals surface area contributed by atoms with Crippen LogP contribution in [0.25, 0.3) is 16.8 Å². The van der Waals surface area contributed by atoms with Crippen LogP contribution in [0.15, 0.2) is 47.5 Å². The van der Waals surface area contributed by atoms with E-state index in [-0.39, 0.29) is 17.0 Å². The molecule has 3 rings (SSSR count). The number of nitrogens with two attached hydrogens (primary N) is 1.